The summed E-state index contributed by atoms with van der Waals surface area (Å²) < 4.78 is 0. The number of fused-ring (bicyclic) bond motifs is 2. The molecule has 150 valence electrons. The summed E-state index contributed by atoms with van der Waals surface area (Å²) >= 11 is 0. The molecule has 31 heavy (non-hydrogen) atoms. The Morgan fingerprint density at radius 1 is 0.742 bits per heavy atom. The van der Waals surface area contributed by atoms with E-state index in [0.717, 1.165) is 45.2 Å². The molecule has 1 heterocycles. The number of benzene rings is 4. The fourth-order valence-corrected chi connectivity index (χ4v) is 3.75. The minimum Gasteiger partial charge on any atom is -0.399 e. The third-order valence-corrected chi connectivity index (χ3v) is 5.59. The maximum atomic E-state index is 5.91. The van der Waals surface area contributed by atoms with Crippen LogP contribution >= 0.6 is 0 Å². The SMILES string of the molecule is CCc1ccc(-c2ccc(/C=N\c3ccc4cc5ccc(N)cc5nc4c3)cc2)cc1. The fraction of sp³-hybridized carbons (Fsp3) is 0.0714. The van der Waals surface area contributed by atoms with Crippen LogP contribution in [0.4, 0.5) is 11.4 Å². The maximum Gasteiger partial charge on any atom is 0.0731 e. The molecule has 0 aliphatic rings. The van der Waals surface area contributed by atoms with E-state index in [2.05, 4.69) is 72.6 Å². The molecular formula is C28H23N3. The normalized spacial score (nSPS) is 11.5. The number of pyridine rings is 1. The second-order valence-corrected chi connectivity index (χ2v) is 7.75. The lowest BCUT2D eigenvalue weighted by atomic mass is 10.0. The molecule has 0 saturated carbocycles. The van der Waals surface area contributed by atoms with Crippen molar-refractivity contribution in [3.05, 3.63) is 102 Å². The van der Waals surface area contributed by atoms with E-state index in [4.69, 9.17) is 10.7 Å². The number of aliphatic imine (C=N–C) groups is 1. The minimum absolute atomic E-state index is 0.721. The van der Waals surface area contributed by atoms with Crippen LogP contribution in [-0.4, -0.2) is 11.2 Å². The number of nitrogens with two attached hydrogens (primary N) is 1. The van der Waals surface area contributed by atoms with Gasteiger partial charge in [-0.25, -0.2) is 4.98 Å². The van der Waals surface area contributed by atoms with Crippen LogP contribution < -0.4 is 5.73 Å². The number of aryl methyl sites for hydroxylation is 1. The lowest BCUT2D eigenvalue weighted by Gasteiger charge is -2.04. The highest BCUT2D eigenvalue weighted by atomic mass is 14.7. The molecule has 0 aliphatic heterocycles. The molecule has 4 aromatic carbocycles. The number of nitrogens with zero attached hydrogens (tertiary/aromatic N) is 2. The van der Waals surface area contributed by atoms with Crippen LogP contribution in [-0.2, 0) is 6.42 Å². The molecule has 0 radical (unpaired) electrons. The molecular weight excluding hydrogens is 378 g/mol. The van der Waals surface area contributed by atoms with Gasteiger partial charge in [0.15, 0.2) is 0 Å². The van der Waals surface area contributed by atoms with Crippen molar-refractivity contribution in [2.24, 2.45) is 4.99 Å². The lowest BCUT2D eigenvalue weighted by Crippen LogP contribution is -1.87. The zero-order chi connectivity index (χ0) is 21.2. The highest BCUT2D eigenvalue weighted by molar-refractivity contribution is 5.95. The van der Waals surface area contributed by atoms with E-state index in [1.54, 1.807) is 0 Å². The van der Waals surface area contributed by atoms with E-state index in [-0.39, 0.29) is 0 Å². The van der Waals surface area contributed by atoms with Gasteiger partial charge in [-0.05, 0) is 59.0 Å². The third kappa shape index (κ3) is 4.03. The Balaban J connectivity index is 1.39. The molecule has 3 nitrogen and oxygen atoms in total. The minimum atomic E-state index is 0.721. The summed E-state index contributed by atoms with van der Waals surface area (Å²) in [6.45, 7) is 2.17. The average Bonchev–Trinajstić information content (AvgIpc) is 2.82. The van der Waals surface area contributed by atoms with Crippen LogP contribution in [0.25, 0.3) is 32.9 Å². The third-order valence-electron chi connectivity index (χ3n) is 5.59. The Bertz CT molecular complexity index is 1400. The molecule has 0 amide bonds. The highest BCUT2D eigenvalue weighted by Crippen LogP contribution is 2.25. The number of aromatic nitrogens is 1. The van der Waals surface area contributed by atoms with E-state index in [0.29, 0.717) is 0 Å². The van der Waals surface area contributed by atoms with Crippen molar-refractivity contribution in [3.63, 3.8) is 0 Å². The second-order valence-electron chi connectivity index (χ2n) is 7.75. The first-order valence-corrected chi connectivity index (χ1v) is 10.5. The smallest absolute Gasteiger partial charge is 0.0731 e. The molecule has 2 N–H and O–H groups in total. The quantitative estimate of drug-likeness (QED) is 0.201. The summed E-state index contributed by atoms with van der Waals surface area (Å²) in [6, 6.07) is 31.3. The molecule has 1 aromatic heterocycles. The number of nitrogen functional groups attached to an aromatic ring is 1. The average molecular weight is 402 g/mol. The lowest BCUT2D eigenvalue weighted by molar-refractivity contribution is 1.14. The number of hydrogen-bond acceptors (Lipinski definition) is 3. The van der Waals surface area contributed by atoms with Crippen LogP contribution in [0.5, 0.6) is 0 Å². The summed E-state index contributed by atoms with van der Waals surface area (Å²) in [4.78, 5) is 9.42. The standard InChI is InChI=1S/C28H23N3/c1-2-19-3-7-21(8-4-19)22-9-5-20(6-10-22)18-30-26-14-12-24-15-23-11-13-25(29)16-27(23)31-28(24)17-26/h3-18H,2,29H2,1H3/b30-18-. The summed E-state index contributed by atoms with van der Waals surface area (Å²) in [7, 11) is 0. The van der Waals surface area contributed by atoms with Gasteiger partial charge in [-0.2, -0.15) is 0 Å². The number of rotatable bonds is 4. The predicted molar refractivity (Wildman–Crippen MR) is 132 cm³/mol. The van der Waals surface area contributed by atoms with Crippen molar-refractivity contribution in [2.45, 2.75) is 13.3 Å². The van der Waals surface area contributed by atoms with Crippen molar-refractivity contribution in [1.29, 1.82) is 0 Å². The Morgan fingerprint density at radius 3 is 2.10 bits per heavy atom. The Morgan fingerprint density at radius 2 is 1.39 bits per heavy atom. The first kappa shape index (κ1) is 19.0. The van der Waals surface area contributed by atoms with Gasteiger partial charge >= 0.3 is 0 Å². The van der Waals surface area contributed by atoms with Gasteiger partial charge in [0.1, 0.15) is 0 Å². The zero-order valence-corrected chi connectivity index (χ0v) is 17.4. The predicted octanol–water partition coefficient (Wildman–Crippen LogP) is 6.95. The maximum absolute atomic E-state index is 5.91. The second kappa shape index (κ2) is 8.04. The van der Waals surface area contributed by atoms with Gasteiger partial charge in [-0.15, -0.1) is 0 Å². The van der Waals surface area contributed by atoms with E-state index >= 15 is 0 Å². The van der Waals surface area contributed by atoms with Crippen LogP contribution in [0.1, 0.15) is 18.1 Å². The summed E-state index contributed by atoms with van der Waals surface area (Å²) in [5, 5.41) is 2.18. The van der Waals surface area contributed by atoms with Gasteiger partial charge in [0, 0.05) is 22.7 Å². The summed E-state index contributed by atoms with van der Waals surface area (Å²) in [5.74, 6) is 0. The molecule has 5 rings (SSSR count). The number of hydrogen-bond donors (Lipinski definition) is 1. The Kier molecular flexibility index (Phi) is 4.93. The topological polar surface area (TPSA) is 51.3 Å². The van der Waals surface area contributed by atoms with Crippen LogP contribution in [0, 0.1) is 0 Å². The van der Waals surface area contributed by atoms with Crippen LogP contribution in [0.15, 0.2) is 96.0 Å². The van der Waals surface area contributed by atoms with Crippen molar-refractivity contribution in [2.75, 3.05) is 5.73 Å². The van der Waals surface area contributed by atoms with Crippen molar-refractivity contribution in [1.82, 2.24) is 4.98 Å². The molecule has 0 atom stereocenters. The molecule has 0 aliphatic carbocycles. The fourth-order valence-electron chi connectivity index (χ4n) is 3.75. The first-order chi connectivity index (χ1) is 15.2. The first-order valence-electron chi connectivity index (χ1n) is 10.5. The van der Waals surface area contributed by atoms with Gasteiger partial charge in [0.25, 0.3) is 0 Å². The van der Waals surface area contributed by atoms with Crippen molar-refractivity contribution in [3.8, 4) is 11.1 Å². The van der Waals surface area contributed by atoms with E-state index in [1.165, 1.54) is 16.7 Å². The monoisotopic (exact) mass is 401 g/mol. The van der Waals surface area contributed by atoms with Crippen molar-refractivity contribution >= 4 is 39.4 Å². The highest BCUT2D eigenvalue weighted by Gasteiger charge is 2.02. The van der Waals surface area contributed by atoms with Gasteiger partial charge < -0.3 is 5.73 Å². The molecule has 5 aromatic rings. The molecule has 0 spiro atoms. The van der Waals surface area contributed by atoms with Crippen LogP contribution in [0.2, 0.25) is 0 Å². The number of anilines is 1. The van der Waals surface area contributed by atoms with Gasteiger partial charge in [0.2, 0.25) is 0 Å². The van der Waals surface area contributed by atoms with Crippen LogP contribution in [0.3, 0.4) is 0 Å². The molecule has 0 bridgehead atoms. The molecule has 3 heteroatoms. The Labute approximate surface area is 181 Å². The van der Waals surface area contributed by atoms with E-state index in [1.807, 2.05) is 36.5 Å². The van der Waals surface area contributed by atoms with E-state index in [9.17, 15) is 0 Å². The Hall–Kier alpha value is -3.98. The zero-order valence-electron chi connectivity index (χ0n) is 17.4. The van der Waals surface area contributed by atoms with E-state index < -0.39 is 0 Å². The summed E-state index contributed by atoms with van der Waals surface area (Å²) in [6.07, 6.45) is 2.95. The van der Waals surface area contributed by atoms with Gasteiger partial charge in [-0.1, -0.05) is 67.6 Å². The summed E-state index contributed by atoms with van der Waals surface area (Å²) in [5.41, 5.74) is 14.2. The molecule has 0 unspecified atom stereocenters. The molecule has 0 saturated heterocycles. The van der Waals surface area contributed by atoms with Crippen molar-refractivity contribution < 1.29 is 0 Å². The van der Waals surface area contributed by atoms with Gasteiger partial charge in [-0.3, -0.25) is 4.99 Å². The van der Waals surface area contributed by atoms with Gasteiger partial charge in [0.05, 0.1) is 16.7 Å². The molecule has 0 fully saturated rings. The largest absolute Gasteiger partial charge is 0.399 e.